The standard InChI is InChI=1S/C14H14F2N4/c1-20-5-3-11(19-20)2-4-18-9-12-13(15)6-10(8-17)7-14(12)16/h3,5-7,18H,2,4,9H2,1H3. The smallest absolute Gasteiger partial charge is 0.131 e. The first kappa shape index (κ1) is 14.2. The minimum absolute atomic E-state index is 0.0164. The summed E-state index contributed by atoms with van der Waals surface area (Å²) in [5.74, 6) is -1.40. The van der Waals surface area contributed by atoms with Crippen molar-refractivity contribution in [2.24, 2.45) is 7.05 Å². The van der Waals surface area contributed by atoms with Crippen molar-refractivity contribution >= 4 is 0 Å². The summed E-state index contributed by atoms with van der Waals surface area (Å²) in [5.41, 5.74) is 0.850. The molecule has 0 fully saturated rings. The zero-order chi connectivity index (χ0) is 14.5. The van der Waals surface area contributed by atoms with E-state index < -0.39 is 11.6 Å². The summed E-state index contributed by atoms with van der Waals surface area (Å²) in [6, 6.07) is 5.69. The average molecular weight is 276 g/mol. The summed E-state index contributed by atoms with van der Waals surface area (Å²) in [6.45, 7) is 0.645. The molecule has 2 aromatic rings. The van der Waals surface area contributed by atoms with Crippen molar-refractivity contribution in [3.05, 3.63) is 52.9 Å². The Balaban J connectivity index is 1.90. The van der Waals surface area contributed by atoms with Crippen molar-refractivity contribution in [1.29, 1.82) is 5.26 Å². The van der Waals surface area contributed by atoms with E-state index in [1.807, 2.05) is 19.3 Å². The maximum absolute atomic E-state index is 13.6. The van der Waals surface area contributed by atoms with E-state index in [-0.39, 0.29) is 17.7 Å². The van der Waals surface area contributed by atoms with Crippen molar-refractivity contribution in [1.82, 2.24) is 15.1 Å². The largest absolute Gasteiger partial charge is 0.312 e. The second kappa shape index (κ2) is 6.26. The van der Waals surface area contributed by atoms with Gasteiger partial charge in [-0.05, 0) is 18.2 Å². The van der Waals surface area contributed by atoms with Gasteiger partial charge in [0.05, 0.1) is 17.3 Å². The van der Waals surface area contributed by atoms with E-state index >= 15 is 0 Å². The highest BCUT2D eigenvalue weighted by Crippen LogP contribution is 2.14. The number of nitrogens with zero attached hydrogens (tertiary/aromatic N) is 3. The molecule has 2 rings (SSSR count). The van der Waals surface area contributed by atoms with Crippen molar-refractivity contribution in [2.45, 2.75) is 13.0 Å². The lowest BCUT2D eigenvalue weighted by atomic mass is 10.1. The molecule has 1 aromatic heterocycles. The average Bonchev–Trinajstić information content (AvgIpc) is 2.82. The van der Waals surface area contributed by atoms with E-state index in [2.05, 4.69) is 10.4 Å². The molecule has 0 aliphatic carbocycles. The van der Waals surface area contributed by atoms with Crippen LogP contribution in [0.3, 0.4) is 0 Å². The summed E-state index contributed by atoms with van der Waals surface area (Å²) in [5, 5.41) is 15.8. The van der Waals surface area contributed by atoms with E-state index in [4.69, 9.17) is 5.26 Å². The quantitative estimate of drug-likeness (QED) is 0.849. The molecule has 0 saturated carbocycles. The SMILES string of the molecule is Cn1ccc(CCNCc2c(F)cc(C#N)cc2F)n1. The Morgan fingerprint density at radius 1 is 1.35 bits per heavy atom. The molecule has 1 N–H and O–H groups in total. The highest BCUT2D eigenvalue weighted by atomic mass is 19.1. The van der Waals surface area contributed by atoms with Crippen LogP contribution in [0.4, 0.5) is 8.78 Å². The van der Waals surface area contributed by atoms with Crippen LogP contribution in [0.5, 0.6) is 0 Å². The van der Waals surface area contributed by atoms with Crippen molar-refractivity contribution in [3.8, 4) is 6.07 Å². The molecule has 1 aromatic carbocycles. The molecular weight excluding hydrogens is 262 g/mol. The van der Waals surface area contributed by atoms with E-state index in [0.29, 0.717) is 13.0 Å². The lowest BCUT2D eigenvalue weighted by Crippen LogP contribution is -2.18. The van der Waals surface area contributed by atoms with Gasteiger partial charge in [0.15, 0.2) is 0 Å². The van der Waals surface area contributed by atoms with Gasteiger partial charge < -0.3 is 5.32 Å². The normalized spacial score (nSPS) is 10.5. The number of aromatic nitrogens is 2. The van der Waals surface area contributed by atoms with Gasteiger partial charge in [-0.2, -0.15) is 10.4 Å². The molecule has 104 valence electrons. The molecule has 0 bridgehead atoms. The first-order chi connectivity index (χ1) is 9.60. The van der Waals surface area contributed by atoms with Crippen LogP contribution < -0.4 is 5.32 Å². The van der Waals surface area contributed by atoms with Crippen LogP contribution in [0, 0.1) is 23.0 Å². The van der Waals surface area contributed by atoms with Gasteiger partial charge in [0.25, 0.3) is 0 Å². The fraction of sp³-hybridized carbons (Fsp3) is 0.286. The van der Waals surface area contributed by atoms with E-state index in [0.717, 1.165) is 17.8 Å². The predicted molar refractivity (Wildman–Crippen MR) is 69.7 cm³/mol. The molecule has 0 aliphatic heterocycles. The number of hydrogen-bond acceptors (Lipinski definition) is 3. The minimum atomic E-state index is -0.702. The van der Waals surface area contributed by atoms with Crippen LogP contribution in [0.15, 0.2) is 24.4 Å². The number of nitriles is 1. The molecular formula is C14H14F2N4. The number of aryl methyl sites for hydroxylation is 1. The maximum Gasteiger partial charge on any atom is 0.131 e. The van der Waals surface area contributed by atoms with Crippen LogP contribution in [-0.4, -0.2) is 16.3 Å². The zero-order valence-corrected chi connectivity index (χ0v) is 11.0. The van der Waals surface area contributed by atoms with Crippen molar-refractivity contribution in [3.63, 3.8) is 0 Å². The summed E-state index contributed by atoms with van der Waals surface area (Å²) >= 11 is 0. The lowest BCUT2D eigenvalue weighted by molar-refractivity contribution is 0.535. The molecule has 0 atom stereocenters. The van der Waals surface area contributed by atoms with Crippen molar-refractivity contribution in [2.75, 3.05) is 6.54 Å². The number of halogens is 2. The molecule has 20 heavy (non-hydrogen) atoms. The Bertz CT molecular complexity index is 620. The third kappa shape index (κ3) is 3.39. The Kier molecular flexibility index (Phi) is 4.43. The number of hydrogen-bond donors (Lipinski definition) is 1. The van der Waals surface area contributed by atoms with Crippen LogP contribution in [-0.2, 0) is 20.0 Å². The molecule has 1 heterocycles. The molecule has 0 unspecified atom stereocenters. The molecule has 0 spiro atoms. The van der Waals surface area contributed by atoms with Crippen LogP contribution in [0.2, 0.25) is 0 Å². The summed E-state index contributed by atoms with van der Waals surface area (Å²) in [6.07, 6.45) is 2.52. The second-order valence-electron chi connectivity index (χ2n) is 4.44. The Hall–Kier alpha value is -2.26. The van der Waals surface area contributed by atoms with Gasteiger partial charge in [-0.1, -0.05) is 0 Å². The van der Waals surface area contributed by atoms with Gasteiger partial charge in [-0.3, -0.25) is 4.68 Å². The van der Waals surface area contributed by atoms with Crippen LogP contribution in [0.25, 0.3) is 0 Å². The summed E-state index contributed by atoms with van der Waals surface area (Å²) in [4.78, 5) is 0. The van der Waals surface area contributed by atoms with Gasteiger partial charge in [0.2, 0.25) is 0 Å². The molecule has 4 nitrogen and oxygen atoms in total. The monoisotopic (exact) mass is 276 g/mol. The molecule has 0 aliphatic rings. The topological polar surface area (TPSA) is 53.6 Å². The maximum atomic E-state index is 13.6. The fourth-order valence-electron chi connectivity index (χ4n) is 1.86. The van der Waals surface area contributed by atoms with E-state index in [1.54, 1.807) is 10.8 Å². The second-order valence-corrected chi connectivity index (χ2v) is 4.44. The Morgan fingerprint density at radius 2 is 2.05 bits per heavy atom. The van der Waals surface area contributed by atoms with E-state index in [9.17, 15) is 8.78 Å². The lowest BCUT2D eigenvalue weighted by Gasteiger charge is -2.07. The van der Waals surface area contributed by atoms with Crippen LogP contribution in [0.1, 0.15) is 16.8 Å². The number of benzene rings is 1. The van der Waals surface area contributed by atoms with Gasteiger partial charge in [-0.15, -0.1) is 0 Å². The summed E-state index contributed by atoms with van der Waals surface area (Å²) in [7, 11) is 1.83. The third-order valence-corrected chi connectivity index (χ3v) is 2.90. The van der Waals surface area contributed by atoms with Gasteiger partial charge in [-0.25, -0.2) is 8.78 Å². The minimum Gasteiger partial charge on any atom is -0.312 e. The highest BCUT2D eigenvalue weighted by molar-refractivity contribution is 5.34. The first-order valence-corrected chi connectivity index (χ1v) is 6.17. The van der Waals surface area contributed by atoms with Gasteiger partial charge >= 0.3 is 0 Å². The Morgan fingerprint density at radius 3 is 2.60 bits per heavy atom. The molecule has 0 saturated heterocycles. The summed E-state index contributed by atoms with van der Waals surface area (Å²) < 4.78 is 28.9. The molecule has 0 amide bonds. The fourth-order valence-corrected chi connectivity index (χ4v) is 1.86. The molecule has 0 radical (unpaired) electrons. The number of nitrogens with one attached hydrogen (secondary N) is 1. The van der Waals surface area contributed by atoms with Crippen LogP contribution >= 0.6 is 0 Å². The number of rotatable bonds is 5. The molecule has 6 heteroatoms. The van der Waals surface area contributed by atoms with E-state index in [1.165, 1.54) is 0 Å². The first-order valence-electron chi connectivity index (χ1n) is 6.17. The third-order valence-electron chi connectivity index (χ3n) is 2.90. The van der Waals surface area contributed by atoms with Gasteiger partial charge in [0, 0.05) is 38.3 Å². The van der Waals surface area contributed by atoms with Crippen molar-refractivity contribution < 1.29 is 8.78 Å². The predicted octanol–water partition coefficient (Wildman–Crippen LogP) is 1.90. The Labute approximate surface area is 115 Å². The highest BCUT2D eigenvalue weighted by Gasteiger charge is 2.10. The zero-order valence-electron chi connectivity index (χ0n) is 11.0. The van der Waals surface area contributed by atoms with Gasteiger partial charge in [0.1, 0.15) is 11.6 Å².